The molecule has 2 fully saturated rings. The maximum atomic E-state index is 13.4. The zero-order valence-electron chi connectivity index (χ0n) is 8.89. The minimum atomic E-state index is -0.549. The second kappa shape index (κ2) is 2.94. The number of rotatable bonds is 0. The minimum Gasteiger partial charge on any atom is -0.294 e. The van der Waals surface area contributed by atoms with E-state index in [2.05, 4.69) is 25.7 Å². The van der Waals surface area contributed by atoms with Crippen LogP contribution in [0.25, 0.3) is 0 Å². The standard InChI is InChI=1S/C11H20FN/c1-11(2,3)10-5-4-9-8(12)6-7-13(9)10/h8-10H,4-7H2,1-3H3. The molecule has 2 heterocycles. The average Bonchev–Trinajstić information content (AvgIpc) is 2.51. The smallest absolute Gasteiger partial charge is 0.117 e. The third-order valence-corrected chi connectivity index (χ3v) is 3.64. The van der Waals surface area contributed by atoms with Gasteiger partial charge < -0.3 is 0 Å². The van der Waals surface area contributed by atoms with Crippen LogP contribution in [-0.4, -0.2) is 29.7 Å². The summed E-state index contributed by atoms with van der Waals surface area (Å²) in [6, 6.07) is 0.863. The molecule has 2 saturated heterocycles. The molecule has 0 saturated carbocycles. The topological polar surface area (TPSA) is 3.24 Å². The van der Waals surface area contributed by atoms with Crippen molar-refractivity contribution in [1.82, 2.24) is 4.90 Å². The molecule has 1 nitrogen and oxygen atoms in total. The number of hydrogen-bond acceptors (Lipinski definition) is 1. The highest BCUT2D eigenvalue weighted by Crippen LogP contribution is 2.41. The molecule has 3 atom stereocenters. The summed E-state index contributed by atoms with van der Waals surface area (Å²) in [5, 5.41) is 0. The lowest BCUT2D eigenvalue weighted by molar-refractivity contribution is 0.124. The normalized spacial score (nSPS) is 41.1. The molecule has 0 aromatic heterocycles. The molecule has 0 amide bonds. The van der Waals surface area contributed by atoms with Crippen LogP contribution in [0.2, 0.25) is 0 Å². The first kappa shape index (κ1) is 9.45. The molecule has 0 bridgehead atoms. The van der Waals surface area contributed by atoms with E-state index >= 15 is 0 Å². The van der Waals surface area contributed by atoms with Gasteiger partial charge in [0.15, 0.2) is 0 Å². The van der Waals surface area contributed by atoms with Crippen LogP contribution in [0.3, 0.4) is 0 Å². The van der Waals surface area contributed by atoms with E-state index in [1.807, 2.05) is 0 Å². The average molecular weight is 185 g/mol. The van der Waals surface area contributed by atoms with Crippen LogP contribution in [0.4, 0.5) is 4.39 Å². The van der Waals surface area contributed by atoms with E-state index in [-0.39, 0.29) is 6.04 Å². The monoisotopic (exact) mass is 185 g/mol. The van der Waals surface area contributed by atoms with Crippen LogP contribution in [0.5, 0.6) is 0 Å². The van der Waals surface area contributed by atoms with E-state index in [9.17, 15) is 4.39 Å². The van der Waals surface area contributed by atoms with Gasteiger partial charge in [0, 0.05) is 18.6 Å². The van der Waals surface area contributed by atoms with Crippen LogP contribution < -0.4 is 0 Å². The third-order valence-electron chi connectivity index (χ3n) is 3.64. The first-order chi connectivity index (χ1) is 6.00. The Morgan fingerprint density at radius 3 is 2.46 bits per heavy atom. The van der Waals surface area contributed by atoms with E-state index < -0.39 is 6.17 Å². The van der Waals surface area contributed by atoms with Crippen molar-refractivity contribution in [2.45, 2.75) is 58.3 Å². The van der Waals surface area contributed by atoms with Crippen molar-refractivity contribution in [3.05, 3.63) is 0 Å². The highest BCUT2D eigenvalue weighted by Gasteiger charge is 2.46. The summed E-state index contributed by atoms with van der Waals surface area (Å²) in [5.74, 6) is 0. The largest absolute Gasteiger partial charge is 0.294 e. The van der Waals surface area contributed by atoms with Gasteiger partial charge in [-0.25, -0.2) is 4.39 Å². The fourth-order valence-corrected chi connectivity index (χ4v) is 3.00. The van der Waals surface area contributed by atoms with E-state index in [0.29, 0.717) is 11.5 Å². The molecule has 0 radical (unpaired) electrons. The number of alkyl halides is 1. The van der Waals surface area contributed by atoms with E-state index in [1.54, 1.807) is 0 Å². The molecule has 0 N–H and O–H groups in total. The fourth-order valence-electron chi connectivity index (χ4n) is 3.00. The van der Waals surface area contributed by atoms with Gasteiger partial charge in [-0.1, -0.05) is 20.8 Å². The summed E-state index contributed by atoms with van der Waals surface area (Å²) in [6.45, 7) is 7.79. The van der Waals surface area contributed by atoms with E-state index in [1.165, 1.54) is 6.42 Å². The van der Waals surface area contributed by atoms with Crippen molar-refractivity contribution >= 4 is 0 Å². The highest BCUT2D eigenvalue weighted by molar-refractivity contribution is 5.00. The van der Waals surface area contributed by atoms with Crippen molar-refractivity contribution in [3.63, 3.8) is 0 Å². The SMILES string of the molecule is CC(C)(C)C1CCC2C(F)CCN21. The molecule has 13 heavy (non-hydrogen) atoms. The second-order valence-electron chi connectivity index (χ2n) is 5.57. The lowest BCUT2D eigenvalue weighted by Crippen LogP contribution is -2.41. The van der Waals surface area contributed by atoms with Crippen molar-refractivity contribution in [3.8, 4) is 0 Å². The van der Waals surface area contributed by atoms with Crippen LogP contribution >= 0.6 is 0 Å². The Morgan fingerprint density at radius 1 is 1.15 bits per heavy atom. The molecule has 2 aliphatic heterocycles. The highest BCUT2D eigenvalue weighted by atomic mass is 19.1. The maximum absolute atomic E-state index is 13.4. The van der Waals surface area contributed by atoms with E-state index in [4.69, 9.17) is 0 Å². The van der Waals surface area contributed by atoms with Crippen molar-refractivity contribution in [1.29, 1.82) is 0 Å². The summed E-state index contributed by atoms with van der Waals surface area (Å²) in [7, 11) is 0. The lowest BCUT2D eigenvalue weighted by atomic mass is 9.85. The molecule has 2 rings (SSSR count). The Balaban J connectivity index is 2.11. The predicted octanol–water partition coefficient (Wildman–Crippen LogP) is 2.61. The minimum absolute atomic E-state index is 0.254. The van der Waals surface area contributed by atoms with Gasteiger partial charge in [-0.15, -0.1) is 0 Å². The molecule has 0 aromatic carbocycles. The van der Waals surface area contributed by atoms with Crippen molar-refractivity contribution in [2.24, 2.45) is 5.41 Å². The van der Waals surface area contributed by atoms with Gasteiger partial charge in [-0.3, -0.25) is 4.90 Å². The Hall–Kier alpha value is -0.110. The van der Waals surface area contributed by atoms with Gasteiger partial charge in [-0.2, -0.15) is 0 Å². The fraction of sp³-hybridized carbons (Fsp3) is 1.00. The Morgan fingerprint density at radius 2 is 1.85 bits per heavy atom. The quantitative estimate of drug-likeness (QED) is 0.560. The van der Waals surface area contributed by atoms with Gasteiger partial charge >= 0.3 is 0 Å². The number of halogens is 1. The summed E-state index contributed by atoms with van der Waals surface area (Å²) in [4.78, 5) is 2.41. The van der Waals surface area contributed by atoms with Gasteiger partial charge in [0.05, 0.1) is 0 Å². The van der Waals surface area contributed by atoms with Crippen molar-refractivity contribution in [2.75, 3.05) is 6.54 Å². The Kier molecular flexibility index (Phi) is 2.14. The Bertz CT molecular complexity index is 197. The van der Waals surface area contributed by atoms with Crippen LogP contribution in [0.1, 0.15) is 40.0 Å². The molecule has 2 heteroatoms. The first-order valence-electron chi connectivity index (χ1n) is 5.40. The molecule has 2 aliphatic rings. The van der Waals surface area contributed by atoms with Crippen LogP contribution in [0, 0.1) is 5.41 Å². The molecular formula is C11H20FN. The molecular weight excluding hydrogens is 165 g/mol. The van der Waals surface area contributed by atoms with Gasteiger partial charge in [0.1, 0.15) is 6.17 Å². The number of hydrogen-bond donors (Lipinski definition) is 0. The van der Waals surface area contributed by atoms with Crippen molar-refractivity contribution < 1.29 is 4.39 Å². The molecule has 76 valence electrons. The summed E-state index contributed by atoms with van der Waals surface area (Å²) < 4.78 is 13.4. The van der Waals surface area contributed by atoms with Gasteiger partial charge in [0.25, 0.3) is 0 Å². The molecule has 3 unspecified atom stereocenters. The molecule has 0 spiro atoms. The zero-order chi connectivity index (χ0) is 9.64. The first-order valence-corrected chi connectivity index (χ1v) is 5.40. The lowest BCUT2D eigenvalue weighted by Gasteiger charge is -2.34. The van der Waals surface area contributed by atoms with E-state index in [0.717, 1.165) is 19.4 Å². The number of nitrogens with zero attached hydrogens (tertiary/aromatic N) is 1. The van der Waals surface area contributed by atoms with Gasteiger partial charge in [-0.05, 0) is 24.7 Å². The number of fused-ring (bicyclic) bond motifs is 1. The molecule has 0 aromatic rings. The Labute approximate surface area is 80.3 Å². The third kappa shape index (κ3) is 1.50. The maximum Gasteiger partial charge on any atom is 0.117 e. The van der Waals surface area contributed by atoms with Crippen LogP contribution in [0.15, 0.2) is 0 Å². The summed E-state index contributed by atoms with van der Waals surface area (Å²) in [6.07, 6.45) is 2.47. The second-order valence-corrected chi connectivity index (χ2v) is 5.57. The van der Waals surface area contributed by atoms with Crippen LogP contribution in [-0.2, 0) is 0 Å². The zero-order valence-corrected chi connectivity index (χ0v) is 8.89. The summed E-state index contributed by atoms with van der Waals surface area (Å²) >= 11 is 0. The molecule has 0 aliphatic carbocycles. The predicted molar refractivity (Wildman–Crippen MR) is 52.5 cm³/mol. The summed E-state index contributed by atoms with van der Waals surface area (Å²) in [5.41, 5.74) is 0.318. The van der Waals surface area contributed by atoms with Gasteiger partial charge in [0.2, 0.25) is 0 Å².